The van der Waals surface area contributed by atoms with Gasteiger partial charge < -0.3 is 14.8 Å². The molecule has 1 aliphatic heterocycles. The first-order valence-corrected chi connectivity index (χ1v) is 8.77. The molecule has 0 spiro atoms. The van der Waals surface area contributed by atoms with Gasteiger partial charge in [0.15, 0.2) is 0 Å². The lowest BCUT2D eigenvalue weighted by Crippen LogP contribution is -2.39. The molecule has 6 nitrogen and oxygen atoms in total. The zero-order chi connectivity index (χ0) is 18.7. The fourth-order valence-corrected chi connectivity index (χ4v) is 3.21. The molecule has 0 aromatic heterocycles. The van der Waals surface area contributed by atoms with E-state index in [2.05, 4.69) is 16.2 Å². The minimum absolute atomic E-state index is 0.0820. The fraction of sp³-hybridized carbons (Fsp3) is 0.278. The molecule has 3 rings (SSSR count). The third-order valence-electron chi connectivity index (χ3n) is 4.25. The van der Waals surface area contributed by atoms with E-state index >= 15 is 0 Å². The highest BCUT2D eigenvalue weighted by molar-refractivity contribution is 6.44. The first-order chi connectivity index (χ1) is 12.5. The molecule has 1 heterocycles. The average molecular weight is 396 g/mol. The van der Waals surface area contributed by atoms with Crippen molar-refractivity contribution >= 4 is 34.8 Å². The lowest BCUT2D eigenvalue weighted by Gasteiger charge is -2.15. The van der Waals surface area contributed by atoms with Crippen molar-refractivity contribution in [3.8, 4) is 11.5 Å². The summed E-state index contributed by atoms with van der Waals surface area (Å²) in [7, 11) is 3.21. The van der Waals surface area contributed by atoms with Crippen molar-refractivity contribution in [3.63, 3.8) is 0 Å². The van der Waals surface area contributed by atoms with E-state index in [1.807, 2.05) is 18.2 Å². The summed E-state index contributed by atoms with van der Waals surface area (Å²) in [4.78, 5) is 12.5. The van der Waals surface area contributed by atoms with Crippen molar-refractivity contribution in [1.29, 1.82) is 0 Å². The largest absolute Gasteiger partial charge is 0.497 e. The first-order valence-electron chi connectivity index (χ1n) is 8.01. The molecule has 8 heteroatoms. The van der Waals surface area contributed by atoms with E-state index < -0.39 is 6.04 Å². The molecular weight excluding hydrogens is 377 g/mol. The van der Waals surface area contributed by atoms with Gasteiger partial charge in [-0.2, -0.15) is 0 Å². The molecular formula is C18H19Cl2N3O3. The van der Waals surface area contributed by atoms with E-state index in [0.717, 1.165) is 5.56 Å². The highest BCUT2D eigenvalue weighted by Crippen LogP contribution is 2.34. The highest BCUT2D eigenvalue weighted by Gasteiger charge is 2.32. The maximum absolute atomic E-state index is 12.5. The Balaban J connectivity index is 1.70. The molecule has 0 saturated carbocycles. The van der Waals surface area contributed by atoms with Gasteiger partial charge in [0.05, 0.1) is 36.0 Å². The fourth-order valence-electron chi connectivity index (χ4n) is 2.86. The van der Waals surface area contributed by atoms with E-state index in [4.69, 9.17) is 32.7 Å². The van der Waals surface area contributed by atoms with Crippen LogP contribution in [0.1, 0.15) is 18.0 Å². The van der Waals surface area contributed by atoms with Crippen molar-refractivity contribution in [2.24, 2.45) is 0 Å². The molecule has 0 aliphatic carbocycles. The molecule has 26 heavy (non-hydrogen) atoms. The predicted molar refractivity (Wildman–Crippen MR) is 102 cm³/mol. The zero-order valence-electron chi connectivity index (χ0n) is 14.3. The van der Waals surface area contributed by atoms with Crippen LogP contribution in [0.5, 0.6) is 11.5 Å². The highest BCUT2D eigenvalue weighted by atomic mass is 35.5. The van der Waals surface area contributed by atoms with Crippen molar-refractivity contribution in [2.45, 2.75) is 18.5 Å². The molecule has 1 fully saturated rings. The third kappa shape index (κ3) is 3.88. The first kappa shape index (κ1) is 18.8. The van der Waals surface area contributed by atoms with Crippen LogP contribution in [0.15, 0.2) is 36.4 Å². The Morgan fingerprint density at radius 3 is 2.69 bits per heavy atom. The maximum atomic E-state index is 12.5. The van der Waals surface area contributed by atoms with Gasteiger partial charge in [-0.1, -0.05) is 35.3 Å². The number of hydrogen-bond acceptors (Lipinski definition) is 5. The Bertz CT molecular complexity index is 816. The van der Waals surface area contributed by atoms with Crippen LogP contribution in [0.2, 0.25) is 10.0 Å². The second kappa shape index (κ2) is 8.14. The van der Waals surface area contributed by atoms with Crippen molar-refractivity contribution < 1.29 is 14.3 Å². The molecule has 3 N–H and O–H groups in total. The molecule has 1 amide bonds. The standard InChI is InChI=1S/C18H19Cl2N3O3/c1-25-10-6-7-11(16(8-10)26-2)14-9-15(23-22-14)18(24)21-13-5-3-4-12(19)17(13)20/h3-8,14-15,22-23H,9H2,1-2H3,(H,21,24). The Labute approximate surface area is 161 Å². The normalized spacial score (nSPS) is 19.2. The van der Waals surface area contributed by atoms with Crippen LogP contribution in [-0.2, 0) is 4.79 Å². The van der Waals surface area contributed by atoms with Crippen molar-refractivity contribution in [3.05, 3.63) is 52.0 Å². The van der Waals surface area contributed by atoms with E-state index in [1.165, 1.54) is 0 Å². The number of carbonyl (C=O) groups is 1. The van der Waals surface area contributed by atoms with Gasteiger partial charge in [0.1, 0.15) is 17.5 Å². The number of halogens is 2. The summed E-state index contributed by atoms with van der Waals surface area (Å²) < 4.78 is 10.7. The molecule has 1 aliphatic rings. The quantitative estimate of drug-likeness (QED) is 0.721. The molecule has 138 valence electrons. The van der Waals surface area contributed by atoms with Gasteiger partial charge in [0, 0.05) is 11.6 Å². The van der Waals surface area contributed by atoms with Gasteiger partial charge in [0.25, 0.3) is 0 Å². The number of hydrogen-bond donors (Lipinski definition) is 3. The minimum atomic E-state index is -0.429. The van der Waals surface area contributed by atoms with Crippen LogP contribution in [0.25, 0.3) is 0 Å². The van der Waals surface area contributed by atoms with Crippen LogP contribution in [0.3, 0.4) is 0 Å². The van der Waals surface area contributed by atoms with Gasteiger partial charge in [-0.3, -0.25) is 4.79 Å². The minimum Gasteiger partial charge on any atom is -0.497 e. The van der Waals surface area contributed by atoms with Gasteiger partial charge in [0.2, 0.25) is 5.91 Å². The SMILES string of the molecule is COc1ccc(C2CC(C(=O)Nc3cccc(Cl)c3Cl)NN2)c(OC)c1. The molecule has 0 radical (unpaired) electrons. The number of hydrazine groups is 1. The van der Waals surface area contributed by atoms with E-state index in [9.17, 15) is 4.79 Å². The maximum Gasteiger partial charge on any atom is 0.242 e. The van der Waals surface area contributed by atoms with E-state index in [1.54, 1.807) is 32.4 Å². The number of carbonyl (C=O) groups excluding carboxylic acids is 1. The van der Waals surface area contributed by atoms with Gasteiger partial charge >= 0.3 is 0 Å². The topological polar surface area (TPSA) is 71.6 Å². The van der Waals surface area contributed by atoms with Crippen LogP contribution in [0.4, 0.5) is 5.69 Å². The van der Waals surface area contributed by atoms with Crippen molar-refractivity contribution in [1.82, 2.24) is 10.9 Å². The lowest BCUT2D eigenvalue weighted by molar-refractivity contribution is -0.117. The summed E-state index contributed by atoms with van der Waals surface area (Å²) in [6, 6.07) is 10.2. The molecule has 2 unspecified atom stereocenters. The number of methoxy groups -OCH3 is 2. The Hall–Kier alpha value is -1.99. The summed E-state index contributed by atoms with van der Waals surface area (Å²) >= 11 is 12.1. The molecule has 2 aromatic carbocycles. The molecule has 2 atom stereocenters. The number of rotatable bonds is 5. The summed E-state index contributed by atoms with van der Waals surface area (Å²) in [5.74, 6) is 1.21. The predicted octanol–water partition coefficient (Wildman–Crippen LogP) is 3.56. The van der Waals surface area contributed by atoms with Crippen LogP contribution in [-0.4, -0.2) is 26.2 Å². The summed E-state index contributed by atoms with van der Waals surface area (Å²) in [6.45, 7) is 0. The van der Waals surface area contributed by atoms with E-state index in [0.29, 0.717) is 33.7 Å². The second-order valence-electron chi connectivity index (χ2n) is 5.83. The summed E-state index contributed by atoms with van der Waals surface area (Å²) in [5.41, 5.74) is 7.58. The van der Waals surface area contributed by atoms with Crippen LogP contribution in [0, 0.1) is 0 Å². The molecule has 1 saturated heterocycles. The Morgan fingerprint density at radius 2 is 1.96 bits per heavy atom. The zero-order valence-corrected chi connectivity index (χ0v) is 15.8. The summed E-state index contributed by atoms with van der Waals surface area (Å²) in [6.07, 6.45) is 0.548. The van der Waals surface area contributed by atoms with Crippen LogP contribution >= 0.6 is 23.2 Å². The lowest BCUT2D eigenvalue weighted by atomic mass is 10.0. The van der Waals surface area contributed by atoms with Gasteiger partial charge in [-0.05, 0) is 24.6 Å². The number of nitrogens with one attached hydrogen (secondary N) is 3. The Morgan fingerprint density at radius 1 is 1.15 bits per heavy atom. The number of ether oxygens (including phenoxy) is 2. The average Bonchev–Trinajstić information content (AvgIpc) is 3.15. The smallest absolute Gasteiger partial charge is 0.242 e. The number of anilines is 1. The van der Waals surface area contributed by atoms with Crippen LogP contribution < -0.4 is 25.6 Å². The molecule has 2 aromatic rings. The third-order valence-corrected chi connectivity index (χ3v) is 5.06. The van der Waals surface area contributed by atoms with Gasteiger partial charge in [-0.25, -0.2) is 10.9 Å². The molecule has 0 bridgehead atoms. The van der Waals surface area contributed by atoms with E-state index in [-0.39, 0.29) is 11.9 Å². The number of benzene rings is 2. The second-order valence-corrected chi connectivity index (χ2v) is 6.61. The monoisotopic (exact) mass is 395 g/mol. The van der Waals surface area contributed by atoms with Crippen molar-refractivity contribution in [2.75, 3.05) is 19.5 Å². The Kier molecular flexibility index (Phi) is 5.88. The van der Waals surface area contributed by atoms with Gasteiger partial charge in [-0.15, -0.1) is 0 Å². The number of amides is 1. The summed E-state index contributed by atoms with van der Waals surface area (Å²) in [5, 5.41) is 3.52.